The van der Waals surface area contributed by atoms with E-state index >= 15 is 0 Å². The van der Waals surface area contributed by atoms with Gasteiger partial charge in [0, 0.05) is 5.56 Å². The van der Waals surface area contributed by atoms with Gasteiger partial charge < -0.3 is 16.2 Å². The molecule has 1 heterocycles. The molecule has 0 amide bonds. The molecule has 20 heavy (non-hydrogen) atoms. The van der Waals surface area contributed by atoms with Crippen LogP contribution in [0.5, 0.6) is 5.75 Å². The van der Waals surface area contributed by atoms with Crippen LogP contribution >= 0.6 is 0 Å². The smallest absolute Gasteiger partial charge is 0.144 e. The van der Waals surface area contributed by atoms with Crippen molar-refractivity contribution < 1.29 is 4.74 Å². The summed E-state index contributed by atoms with van der Waals surface area (Å²) in [5, 5.41) is 18.5. The molecule has 0 saturated carbocycles. The van der Waals surface area contributed by atoms with Gasteiger partial charge in [0.15, 0.2) is 0 Å². The van der Waals surface area contributed by atoms with Gasteiger partial charge in [-0.15, -0.1) is 0 Å². The van der Waals surface area contributed by atoms with Crippen LogP contribution in [0.2, 0.25) is 0 Å². The predicted octanol–water partition coefficient (Wildman–Crippen LogP) is 1.66. The number of methoxy groups -OCH3 is 1. The van der Waals surface area contributed by atoms with Gasteiger partial charge in [0.1, 0.15) is 40.7 Å². The fraction of sp³-hybridized carbons (Fsp3) is 0.0714. The largest absolute Gasteiger partial charge is 0.497 e. The van der Waals surface area contributed by atoms with Crippen LogP contribution in [0, 0.1) is 22.7 Å². The molecule has 1 aromatic carbocycles. The summed E-state index contributed by atoms with van der Waals surface area (Å²) in [6, 6.07) is 10.8. The molecule has 0 radical (unpaired) electrons. The van der Waals surface area contributed by atoms with Gasteiger partial charge in [-0.2, -0.15) is 10.5 Å². The number of nitrogen functional groups attached to an aromatic ring is 2. The standard InChI is InChI=1S/C14H11N5O/c1-20-9-4-2-8(3-5-9)12-10(6-15)13(17)19-14(18)11(12)7-16/h2-5H,1H3,(H4,17,18,19). The molecule has 0 aliphatic carbocycles. The molecule has 0 aliphatic rings. The van der Waals surface area contributed by atoms with E-state index in [0.717, 1.165) is 0 Å². The molecular weight excluding hydrogens is 254 g/mol. The van der Waals surface area contributed by atoms with Crippen molar-refractivity contribution in [1.29, 1.82) is 10.5 Å². The van der Waals surface area contributed by atoms with E-state index in [9.17, 15) is 10.5 Å². The lowest BCUT2D eigenvalue weighted by Crippen LogP contribution is -2.05. The Morgan fingerprint density at radius 1 is 1.00 bits per heavy atom. The minimum Gasteiger partial charge on any atom is -0.497 e. The van der Waals surface area contributed by atoms with E-state index in [1.54, 1.807) is 31.4 Å². The van der Waals surface area contributed by atoms with Gasteiger partial charge in [-0.05, 0) is 17.7 Å². The average molecular weight is 265 g/mol. The molecule has 0 bridgehead atoms. The molecule has 6 nitrogen and oxygen atoms in total. The summed E-state index contributed by atoms with van der Waals surface area (Å²) in [7, 11) is 1.55. The van der Waals surface area contributed by atoms with Crippen LogP contribution in [-0.2, 0) is 0 Å². The van der Waals surface area contributed by atoms with Gasteiger partial charge in [-0.1, -0.05) is 12.1 Å². The van der Waals surface area contributed by atoms with E-state index in [2.05, 4.69) is 4.98 Å². The SMILES string of the molecule is COc1ccc(-c2c(C#N)c(N)nc(N)c2C#N)cc1. The molecule has 0 aliphatic heterocycles. The van der Waals surface area contributed by atoms with Gasteiger partial charge in [-0.25, -0.2) is 4.98 Å². The minimum absolute atomic E-state index is 0.00909. The summed E-state index contributed by atoms with van der Waals surface area (Å²) in [6.07, 6.45) is 0. The summed E-state index contributed by atoms with van der Waals surface area (Å²) in [6.45, 7) is 0. The number of ether oxygens (including phenoxy) is 1. The van der Waals surface area contributed by atoms with E-state index in [4.69, 9.17) is 16.2 Å². The number of hydrogen-bond acceptors (Lipinski definition) is 6. The Bertz CT molecular complexity index is 700. The summed E-state index contributed by atoms with van der Waals surface area (Å²) in [5.41, 5.74) is 12.7. The Hall–Kier alpha value is -3.25. The molecule has 2 aromatic rings. The number of rotatable bonds is 2. The van der Waals surface area contributed by atoms with Gasteiger partial charge in [0.2, 0.25) is 0 Å². The quantitative estimate of drug-likeness (QED) is 0.851. The van der Waals surface area contributed by atoms with Crippen LogP contribution in [0.1, 0.15) is 11.1 Å². The maximum Gasteiger partial charge on any atom is 0.144 e. The van der Waals surface area contributed by atoms with Crippen molar-refractivity contribution in [2.45, 2.75) is 0 Å². The van der Waals surface area contributed by atoms with Crippen molar-refractivity contribution in [3.05, 3.63) is 35.4 Å². The number of benzene rings is 1. The first-order chi connectivity index (χ1) is 9.62. The highest BCUT2D eigenvalue weighted by atomic mass is 16.5. The van der Waals surface area contributed by atoms with E-state index in [0.29, 0.717) is 16.9 Å². The van der Waals surface area contributed by atoms with Crippen molar-refractivity contribution in [2.75, 3.05) is 18.6 Å². The number of aromatic nitrogens is 1. The van der Waals surface area contributed by atoms with E-state index in [1.165, 1.54) is 0 Å². The Labute approximate surface area is 115 Å². The van der Waals surface area contributed by atoms with E-state index in [-0.39, 0.29) is 22.8 Å². The normalized spacial score (nSPS) is 9.55. The highest BCUT2D eigenvalue weighted by molar-refractivity contribution is 5.84. The fourth-order valence-corrected chi connectivity index (χ4v) is 1.90. The van der Waals surface area contributed by atoms with Crippen LogP contribution in [0.15, 0.2) is 24.3 Å². The third-order valence-corrected chi connectivity index (χ3v) is 2.86. The zero-order valence-electron chi connectivity index (χ0n) is 10.7. The number of nitrogens with zero attached hydrogens (tertiary/aromatic N) is 3. The highest BCUT2D eigenvalue weighted by Crippen LogP contribution is 2.33. The second-order valence-corrected chi connectivity index (χ2v) is 3.96. The molecule has 0 saturated heterocycles. The number of hydrogen-bond donors (Lipinski definition) is 2. The van der Waals surface area contributed by atoms with Crippen LogP contribution in [0.3, 0.4) is 0 Å². The number of nitrogens with two attached hydrogens (primary N) is 2. The first-order valence-electron chi connectivity index (χ1n) is 5.66. The molecular formula is C14H11N5O. The van der Waals surface area contributed by atoms with Crippen molar-refractivity contribution in [3.63, 3.8) is 0 Å². The lowest BCUT2D eigenvalue weighted by Gasteiger charge is -2.11. The molecule has 6 heteroatoms. The molecule has 4 N–H and O–H groups in total. The van der Waals surface area contributed by atoms with Gasteiger partial charge >= 0.3 is 0 Å². The second kappa shape index (κ2) is 5.17. The summed E-state index contributed by atoms with van der Waals surface area (Å²) in [4.78, 5) is 3.82. The van der Waals surface area contributed by atoms with Crippen molar-refractivity contribution >= 4 is 11.6 Å². The predicted molar refractivity (Wildman–Crippen MR) is 74.5 cm³/mol. The summed E-state index contributed by atoms with van der Waals surface area (Å²) >= 11 is 0. The second-order valence-electron chi connectivity index (χ2n) is 3.96. The van der Waals surface area contributed by atoms with Crippen molar-refractivity contribution in [1.82, 2.24) is 4.98 Å². The molecule has 0 atom stereocenters. The van der Waals surface area contributed by atoms with Gasteiger partial charge in [0.05, 0.1) is 7.11 Å². The first-order valence-corrected chi connectivity index (χ1v) is 5.66. The number of anilines is 2. The Morgan fingerprint density at radius 3 is 1.90 bits per heavy atom. The highest BCUT2D eigenvalue weighted by Gasteiger charge is 2.18. The molecule has 1 aromatic heterocycles. The first kappa shape index (κ1) is 13.2. The Balaban J connectivity index is 2.77. The lowest BCUT2D eigenvalue weighted by molar-refractivity contribution is 0.415. The van der Waals surface area contributed by atoms with E-state index in [1.807, 2.05) is 12.1 Å². The van der Waals surface area contributed by atoms with Crippen LogP contribution in [0.4, 0.5) is 11.6 Å². The molecule has 98 valence electrons. The number of nitriles is 2. The van der Waals surface area contributed by atoms with E-state index < -0.39 is 0 Å². The zero-order valence-corrected chi connectivity index (χ0v) is 10.7. The Kier molecular flexibility index (Phi) is 3.41. The maximum atomic E-state index is 9.23. The zero-order chi connectivity index (χ0) is 14.7. The average Bonchev–Trinajstić information content (AvgIpc) is 2.46. The van der Waals surface area contributed by atoms with Crippen LogP contribution in [-0.4, -0.2) is 12.1 Å². The summed E-state index contributed by atoms with van der Waals surface area (Å²) < 4.78 is 5.07. The van der Waals surface area contributed by atoms with Gasteiger partial charge in [-0.3, -0.25) is 0 Å². The minimum atomic E-state index is 0.00909. The van der Waals surface area contributed by atoms with Crippen molar-refractivity contribution in [2.24, 2.45) is 0 Å². The monoisotopic (exact) mass is 265 g/mol. The van der Waals surface area contributed by atoms with Crippen LogP contribution < -0.4 is 16.2 Å². The third kappa shape index (κ3) is 2.06. The third-order valence-electron chi connectivity index (χ3n) is 2.86. The Morgan fingerprint density at radius 2 is 1.50 bits per heavy atom. The van der Waals surface area contributed by atoms with Crippen LogP contribution in [0.25, 0.3) is 11.1 Å². The molecule has 0 unspecified atom stereocenters. The lowest BCUT2D eigenvalue weighted by atomic mass is 9.96. The maximum absolute atomic E-state index is 9.23. The topological polar surface area (TPSA) is 122 Å². The molecule has 0 spiro atoms. The van der Waals surface area contributed by atoms with Crippen molar-refractivity contribution in [3.8, 4) is 29.0 Å². The summed E-state index contributed by atoms with van der Waals surface area (Å²) in [5.74, 6) is 0.686. The molecule has 2 rings (SSSR count). The molecule has 0 fully saturated rings. The number of pyridine rings is 1. The van der Waals surface area contributed by atoms with Gasteiger partial charge in [0.25, 0.3) is 0 Å². The fourth-order valence-electron chi connectivity index (χ4n) is 1.90.